The number of fused-ring (bicyclic) bond motifs is 1. The number of carbonyl (C=O) groups is 2. The van der Waals surface area contributed by atoms with Gasteiger partial charge in [0.05, 0.1) is 0 Å². The molecule has 1 amide bonds. The maximum absolute atomic E-state index is 12.5. The van der Waals surface area contributed by atoms with Crippen LogP contribution in [0.1, 0.15) is 42.3 Å². The van der Waals surface area contributed by atoms with Crippen molar-refractivity contribution in [2.24, 2.45) is 0 Å². The molecule has 0 fully saturated rings. The molecule has 0 unspecified atom stereocenters. The van der Waals surface area contributed by atoms with Crippen LogP contribution in [-0.4, -0.2) is 22.2 Å². The van der Waals surface area contributed by atoms with Crippen LogP contribution in [0.4, 0.5) is 0 Å². The van der Waals surface area contributed by atoms with Crippen LogP contribution in [0.3, 0.4) is 0 Å². The third-order valence-corrected chi connectivity index (χ3v) is 4.14. The van der Waals surface area contributed by atoms with E-state index in [9.17, 15) is 9.59 Å². The summed E-state index contributed by atoms with van der Waals surface area (Å²) < 4.78 is 0. The molecule has 4 heteroatoms. The van der Waals surface area contributed by atoms with E-state index in [2.05, 4.69) is 10.3 Å². The molecule has 134 valence electrons. The zero-order valence-corrected chi connectivity index (χ0v) is 15.4. The Morgan fingerprint density at radius 1 is 1.00 bits per heavy atom. The average Bonchev–Trinajstić information content (AvgIpc) is 2.96. The van der Waals surface area contributed by atoms with Gasteiger partial charge in [-0.2, -0.15) is 0 Å². The number of hydrogen-bond donors (Lipinski definition) is 2. The van der Waals surface area contributed by atoms with Crippen LogP contribution >= 0.6 is 0 Å². The summed E-state index contributed by atoms with van der Waals surface area (Å²) >= 11 is 0. The van der Waals surface area contributed by atoms with E-state index in [1.807, 2.05) is 63.4 Å². The van der Waals surface area contributed by atoms with Crippen LogP contribution in [0.25, 0.3) is 10.9 Å². The Balaban J connectivity index is 1.70. The quantitative estimate of drug-likeness (QED) is 0.731. The predicted molar refractivity (Wildman–Crippen MR) is 104 cm³/mol. The Labute approximate surface area is 153 Å². The highest BCUT2D eigenvalue weighted by Crippen LogP contribution is 2.19. The summed E-state index contributed by atoms with van der Waals surface area (Å²) in [6.07, 6.45) is 2.59. The molecule has 3 aromatic rings. The van der Waals surface area contributed by atoms with E-state index in [1.165, 1.54) is 0 Å². The summed E-state index contributed by atoms with van der Waals surface area (Å²) in [5, 5.41) is 4.03. The van der Waals surface area contributed by atoms with Crippen LogP contribution in [0, 0.1) is 0 Å². The standard InChI is InChI=1S/C22H24N2O2/c1-22(2,3)24-21(26)16-8-6-7-15(11-16)12-18(25)13-17-14-23-20-10-5-4-9-19(17)20/h4-11,14,23H,12-13H2,1-3H3,(H,24,26). The molecule has 2 N–H and O–H groups in total. The minimum absolute atomic E-state index is 0.122. The fourth-order valence-corrected chi connectivity index (χ4v) is 3.02. The Morgan fingerprint density at radius 3 is 2.54 bits per heavy atom. The van der Waals surface area contributed by atoms with Gasteiger partial charge in [0.25, 0.3) is 5.91 Å². The monoisotopic (exact) mass is 348 g/mol. The summed E-state index contributed by atoms with van der Waals surface area (Å²) in [5.74, 6) is 0.00607. The predicted octanol–water partition coefficient (Wildman–Crippen LogP) is 4.05. The molecule has 3 rings (SSSR count). The molecular weight excluding hydrogens is 324 g/mol. The van der Waals surface area contributed by atoms with Crippen LogP contribution in [0.5, 0.6) is 0 Å². The van der Waals surface area contributed by atoms with Crippen molar-refractivity contribution in [3.05, 3.63) is 71.4 Å². The van der Waals surface area contributed by atoms with E-state index < -0.39 is 0 Å². The lowest BCUT2D eigenvalue weighted by atomic mass is 10.0. The summed E-state index contributed by atoms with van der Waals surface area (Å²) in [5.41, 5.74) is 3.19. The Morgan fingerprint density at radius 2 is 1.77 bits per heavy atom. The lowest BCUT2D eigenvalue weighted by Gasteiger charge is -2.20. The number of ketones is 1. The van der Waals surface area contributed by atoms with Crippen molar-refractivity contribution < 1.29 is 9.59 Å². The molecule has 0 spiro atoms. The topological polar surface area (TPSA) is 62.0 Å². The largest absolute Gasteiger partial charge is 0.361 e. The number of aromatic amines is 1. The van der Waals surface area contributed by atoms with Crippen molar-refractivity contribution in [2.75, 3.05) is 0 Å². The molecule has 1 heterocycles. The van der Waals surface area contributed by atoms with Gasteiger partial charge < -0.3 is 10.3 Å². The number of aromatic nitrogens is 1. The minimum atomic E-state index is -0.293. The summed E-state index contributed by atoms with van der Waals surface area (Å²) in [4.78, 5) is 28.0. The number of nitrogens with one attached hydrogen (secondary N) is 2. The van der Waals surface area contributed by atoms with Gasteiger partial charge in [-0.15, -0.1) is 0 Å². The van der Waals surface area contributed by atoms with E-state index >= 15 is 0 Å². The van der Waals surface area contributed by atoms with Crippen molar-refractivity contribution in [1.29, 1.82) is 0 Å². The summed E-state index contributed by atoms with van der Waals surface area (Å²) in [6.45, 7) is 5.83. The van der Waals surface area contributed by atoms with Gasteiger partial charge >= 0.3 is 0 Å². The van der Waals surface area contributed by atoms with E-state index in [1.54, 1.807) is 12.1 Å². The number of Topliss-reactive ketones (excluding diaryl/α,β-unsaturated/α-hetero) is 1. The van der Waals surface area contributed by atoms with Crippen molar-refractivity contribution in [3.63, 3.8) is 0 Å². The zero-order chi connectivity index (χ0) is 18.7. The van der Waals surface area contributed by atoms with Crippen molar-refractivity contribution in [3.8, 4) is 0 Å². The Hall–Kier alpha value is -2.88. The van der Waals surface area contributed by atoms with Crippen molar-refractivity contribution in [2.45, 2.75) is 39.2 Å². The molecule has 26 heavy (non-hydrogen) atoms. The summed E-state index contributed by atoms with van der Waals surface area (Å²) in [7, 11) is 0. The number of para-hydroxylation sites is 1. The van der Waals surface area contributed by atoms with E-state index in [-0.39, 0.29) is 17.2 Å². The van der Waals surface area contributed by atoms with E-state index in [0.29, 0.717) is 18.4 Å². The first kappa shape index (κ1) is 17.9. The Kier molecular flexibility index (Phi) is 4.94. The number of H-pyrrole nitrogens is 1. The van der Waals surface area contributed by atoms with Gasteiger partial charge in [-0.25, -0.2) is 0 Å². The number of rotatable bonds is 5. The highest BCUT2D eigenvalue weighted by atomic mass is 16.1. The average molecular weight is 348 g/mol. The van der Waals surface area contributed by atoms with Crippen molar-refractivity contribution >= 4 is 22.6 Å². The fourth-order valence-electron chi connectivity index (χ4n) is 3.02. The number of hydrogen-bond acceptors (Lipinski definition) is 2. The smallest absolute Gasteiger partial charge is 0.251 e. The normalized spacial score (nSPS) is 11.5. The first-order valence-corrected chi connectivity index (χ1v) is 8.80. The third kappa shape index (κ3) is 4.39. The van der Waals surface area contributed by atoms with Gasteiger partial charge in [-0.1, -0.05) is 30.3 Å². The van der Waals surface area contributed by atoms with Gasteiger partial charge in [0, 0.05) is 41.0 Å². The molecule has 0 saturated heterocycles. The molecule has 0 radical (unpaired) electrons. The maximum Gasteiger partial charge on any atom is 0.251 e. The van der Waals surface area contributed by atoms with Gasteiger partial charge in [0.15, 0.2) is 0 Å². The molecule has 0 atom stereocenters. The number of carbonyl (C=O) groups excluding carboxylic acids is 2. The van der Waals surface area contributed by atoms with Gasteiger partial charge in [-0.3, -0.25) is 9.59 Å². The third-order valence-electron chi connectivity index (χ3n) is 4.14. The van der Waals surface area contributed by atoms with E-state index in [0.717, 1.165) is 22.0 Å². The molecular formula is C22H24N2O2. The second-order valence-electron chi connectivity index (χ2n) is 7.66. The van der Waals surface area contributed by atoms with Crippen LogP contribution in [-0.2, 0) is 17.6 Å². The minimum Gasteiger partial charge on any atom is -0.361 e. The number of amides is 1. The molecule has 0 aliphatic rings. The first-order valence-electron chi connectivity index (χ1n) is 8.80. The number of benzene rings is 2. The molecule has 4 nitrogen and oxygen atoms in total. The van der Waals surface area contributed by atoms with Gasteiger partial charge in [0.2, 0.25) is 0 Å². The zero-order valence-electron chi connectivity index (χ0n) is 15.4. The molecule has 0 aliphatic carbocycles. The molecule has 1 aromatic heterocycles. The molecule has 0 aliphatic heterocycles. The highest BCUT2D eigenvalue weighted by molar-refractivity contribution is 5.95. The highest BCUT2D eigenvalue weighted by Gasteiger charge is 2.16. The molecule has 0 saturated carbocycles. The maximum atomic E-state index is 12.5. The summed E-state index contributed by atoms with van der Waals surface area (Å²) in [6, 6.07) is 15.3. The SMILES string of the molecule is CC(C)(C)NC(=O)c1cccc(CC(=O)Cc2c[nH]c3ccccc23)c1. The second-order valence-corrected chi connectivity index (χ2v) is 7.66. The van der Waals surface area contributed by atoms with Crippen LogP contribution in [0.2, 0.25) is 0 Å². The second kappa shape index (κ2) is 7.16. The van der Waals surface area contributed by atoms with Gasteiger partial charge in [0.1, 0.15) is 5.78 Å². The first-order chi connectivity index (χ1) is 12.3. The fraction of sp³-hybridized carbons (Fsp3) is 0.273. The lowest BCUT2D eigenvalue weighted by Crippen LogP contribution is -2.40. The van der Waals surface area contributed by atoms with Crippen LogP contribution in [0.15, 0.2) is 54.7 Å². The van der Waals surface area contributed by atoms with Crippen molar-refractivity contribution in [1.82, 2.24) is 10.3 Å². The lowest BCUT2D eigenvalue weighted by molar-refractivity contribution is -0.117. The molecule has 0 bridgehead atoms. The van der Waals surface area contributed by atoms with E-state index in [4.69, 9.17) is 0 Å². The Bertz CT molecular complexity index is 948. The van der Waals surface area contributed by atoms with Gasteiger partial charge in [-0.05, 0) is 50.1 Å². The molecule has 2 aromatic carbocycles. The van der Waals surface area contributed by atoms with Crippen LogP contribution < -0.4 is 5.32 Å².